The van der Waals surface area contributed by atoms with E-state index in [1.165, 1.54) is 50.6 Å². The third-order valence-electron chi connectivity index (χ3n) is 7.57. The topological polar surface area (TPSA) is 107 Å². The number of amides is 1. The van der Waals surface area contributed by atoms with Crippen molar-refractivity contribution in [2.24, 2.45) is 5.92 Å². The molecule has 1 fully saturated rings. The van der Waals surface area contributed by atoms with Crippen LogP contribution in [0.25, 0.3) is 11.3 Å². The zero-order chi connectivity index (χ0) is 27.4. The van der Waals surface area contributed by atoms with Gasteiger partial charge in [0.15, 0.2) is 0 Å². The van der Waals surface area contributed by atoms with Crippen molar-refractivity contribution in [3.63, 3.8) is 0 Å². The molecule has 0 spiro atoms. The number of hydrogen-bond acceptors (Lipinski definition) is 7. The summed E-state index contributed by atoms with van der Waals surface area (Å²) >= 11 is -1.49. The second-order valence-electron chi connectivity index (χ2n) is 9.97. The zero-order valence-electron chi connectivity index (χ0n) is 22.6. The quantitative estimate of drug-likeness (QED) is 0.333. The molecule has 1 aliphatic heterocycles. The van der Waals surface area contributed by atoms with Crippen LogP contribution in [0, 0.1) is 12.8 Å². The number of aryl methyl sites for hydroxylation is 1. The molecule has 4 rings (SSSR count). The van der Waals surface area contributed by atoms with Crippen LogP contribution in [0.2, 0.25) is 4.18 Å². The standard InChI is InChI=1S/C26H32N2O4S.C2H3O2.In/c1-16-14-22(32-6)20(15-21(16)31-5)24-25(18(3)19-10-8-7-9-11-19)33-26(28-24)27-23(29)13-12-17(2)30-4;1-2(3)4;/h2,12,14-15,18-19H,7-11H2,1,3-6H3,(H,27,28,29);1H2,(H,3,4);. The molecular formula is C28H35InN2O6S. The number of nitrogens with zero attached hydrogens (tertiary/aromatic N) is 1. The summed E-state index contributed by atoms with van der Waals surface area (Å²) in [6.45, 7) is 4.23. The van der Waals surface area contributed by atoms with Gasteiger partial charge in [0.1, 0.15) is 0 Å². The first-order valence-corrected chi connectivity index (χ1v) is 19.7. The van der Waals surface area contributed by atoms with E-state index >= 15 is 0 Å². The number of thiazole rings is 1. The van der Waals surface area contributed by atoms with Crippen LogP contribution in [0.3, 0.4) is 0 Å². The van der Waals surface area contributed by atoms with Crippen molar-refractivity contribution in [3.05, 3.63) is 41.6 Å². The molecule has 1 amide bonds. The summed E-state index contributed by atoms with van der Waals surface area (Å²) in [7, 11) is 4.82. The second-order valence-corrected chi connectivity index (χ2v) is 18.4. The van der Waals surface area contributed by atoms with Crippen LogP contribution >= 0.6 is 11.3 Å². The molecule has 10 heteroatoms. The molecule has 0 bridgehead atoms. The van der Waals surface area contributed by atoms with Crippen LogP contribution in [-0.2, 0) is 14.3 Å². The molecule has 0 saturated heterocycles. The van der Waals surface area contributed by atoms with Crippen molar-refractivity contribution in [2.75, 3.05) is 26.6 Å². The molecule has 2 aromatic rings. The summed E-state index contributed by atoms with van der Waals surface area (Å²) in [5.41, 5.74) is 2.58. The Morgan fingerprint density at radius 2 is 1.84 bits per heavy atom. The molecule has 1 atom stereocenters. The predicted octanol–water partition coefficient (Wildman–Crippen LogP) is 5.89. The number of carboxylic acid groups (broad SMARTS) is 1. The number of nitrogens with one attached hydrogen (secondary N) is 1. The van der Waals surface area contributed by atoms with Gasteiger partial charge in [-0.25, -0.2) is 0 Å². The normalized spacial score (nSPS) is 16.5. The number of benzene rings is 1. The number of hydrogen-bond donors (Lipinski definition) is 2. The SMILES string of the molecule is COC1=[CH][In]([CH2]C(=O)O)[C](C(=O)Nc2nc(-c3cc(OC)c(C)cc3OC)c(C(C)C3CCCCC3)s2)=C1. The summed E-state index contributed by atoms with van der Waals surface area (Å²) in [4.78, 5) is 30.9. The number of carbonyl (C=O) groups excluding carboxylic acids is 1. The Balaban J connectivity index is 1.72. The van der Waals surface area contributed by atoms with Gasteiger partial charge < -0.3 is 0 Å². The van der Waals surface area contributed by atoms with Crippen LogP contribution in [0.1, 0.15) is 55.4 Å². The fourth-order valence-corrected chi connectivity index (χ4v) is 13.2. The fraction of sp³-hybridized carbons (Fsp3) is 0.464. The third-order valence-corrected chi connectivity index (χ3v) is 16.6. The van der Waals surface area contributed by atoms with E-state index in [0.29, 0.717) is 25.9 Å². The summed E-state index contributed by atoms with van der Waals surface area (Å²) in [6, 6.07) is 3.91. The van der Waals surface area contributed by atoms with Crippen molar-refractivity contribution in [3.8, 4) is 22.8 Å². The van der Waals surface area contributed by atoms with Crippen LogP contribution in [0.5, 0.6) is 11.5 Å². The van der Waals surface area contributed by atoms with Crippen molar-refractivity contribution < 1.29 is 28.9 Å². The number of aromatic nitrogens is 1. The van der Waals surface area contributed by atoms with E-state index in [1.807, 2.05) is 22.9 Å². The Bertz CT molecular complexity index is 1260. The Morgan fingerprint density at radius 3 is 2.47 bits per heavy atom. The molecule has 1 aromatic heterocycles. The van der Waals surface area contributed by atoms with Crippen LogP contribution < -0.4 is 14.8 Å². The van der Waals surface area contributed by atoms with Crippen LogP contribution in [0.15, 0.2) is 31.1 Å². The van der Waals surface area contributed by atoms with Gasteiger partial charge in [-0.1, -0.05) is 0 Å². The first-order valence-electron chi connectivity index (χ1n) is 13.0. The van der Waals surface area contributed by atoms with Crippen molar-refractivity contribution in [2.45, 2.75) is 56.0 Å². The number of carboxylic acids is 1. The molecule has 202 valence electrons. The Hall–Kier alpha value is -2.46. The van der Waals surface area contributed by atoms with E-state index in [9.17, 15) is 14.7 Å². The molecule has 2 N–H and O–H groups in total. The van der Waals surface area contributed by atoms with E-state index in [0.717, 1.165) is 27.4 Å². The molecule has 8 nitrogen and oxygen atoms in total. The van der Waals surface area contributed by atoms with Crippen molar-refractivity contribution in [1.29, 1.82) is 0 Å². The molecule has 1 unspecified atom stereocenters. The average Bonchev–Trinajstić information content (AvgIpc) is 3.52. The van der Waals surface area contributed by atoms with Crippen molar-refractivity contribution in [1.82, 2.24) is 4.98 Å². The summed E-state index contributed by atoms with van der Waals surface area (Å²) in [6.07, 6.45) is 7.78. The Kier molecular flexibility index (Phi) is 9.46. The van der Waals surface area contributed by atoms with E-state index < -0.39 is 27.4 Å². The molecule has 1 aliphatic carbocycles. The summed E-state index contributed by atoms with van der Waals surface area (Å²) in [5.74, 6) is 1.65. The van der Waals surface area contributed by atoms with Gasteiger partial charge in [-0.15, -0.1) is 0 Å². The monoisotopic (exact) mass is 642 g/mol. The van der Waals surface area contributed by atoms with E-state index in [-0.39, 0.29) is 16.0 Å². The predicted molar refractivity (Wildman–Crippen MR) is 150 cm³/mol. The summed E-state index contributed by atoms with van der Waals surface area (Å²) in [5, 5.41) is 12.9. The van der Waals surface area contributed by atoms with Gasteiger partial charge in [0.05, 0.1) is 0 Å². The molecule has 1 aromatic carbocycles. The van der Waals surface area contributed by atoms with Crippen LogP contribution in [-0.4, -0.2) is 64.7 Å². The molecule has 1 saturated carbocycles. The maximum atomic E-state index is 13.4. The number of anilines is 1. The van der Waals surface area contributed by atoms with Gasteiger partial charge in [0, 0.05) is 0 Å². The number of aliphatic carboxylic acids is 1. The number of allylic oxidation sites excluding steroid dienone is 1. The molecule has 38 heavy (non-hydrogen) atoms. The molecular weight excluding hydrogens is 607 g/mol. The van der Waals surface area contributed by atoms with Gasteiger partial charge in [-0.05, 0) is 0 Å². The van der Waals surface area contributed by atoms with Gasteiger partial charge in [0.2, 0.25) is 0 Å². The molecule has 2 aliphatic rings. The maximum absolute atomic E-state index is 13.4. The molecule has 0 radical (unpaired) electrons. The first kappa shape index (κ1) is 28.5. The van der Waals surface area contributed by atoms with E-state index in [1.54, 1.807) is 20.3 Å². The fourth-order valence-electron chi connectivity index (χ4n) is 5.45. The first-order chi connectivity index (χ1) is 18.2. The van der Waals surface area contributed by atoms with Gasteiger partial charge in [0.25, 0.3) is 0 Å². The summed E-state index contributed by atoms with van der Waals surface area (Å²) < 4.78 is 19.1. The Labute approximate surface area is 235 Å². The third kappa shape index (κ3) is 6.22. The molecule has 2 heterocycles. The number of ether oxygens (including phenoxy) is 3. The van der Waals surface area contributed by atoms with E-state index in [2.05, 4.69) is 12.2 Å². The van der Waals surface area contributed by atoms with Crippen LogP contribution in [0.4, 0.5) is 5.13 Å². The minimum atomic E-state index is -2.98. The average molecular weight is 642 g/mol. The Morgan fingerprint density at radius 1 is 1.13 bits per heavy atom. The number of rotatable bonds is 10. The van der Waals surface area contributed by atoms with E-state index in [4.69, 9.17) is 19.2 Å². The zero-order valence-corrected chi connectivity index (χ0v) is 26.7. The van der Waals surface area contributed by atoms with Gasteiger partial charge in [-0.3, -0.25) is 0 Å². The van der Waals surface area contributed by atoms with Gasteiger partial charge >= 0.3 is 237 Å². The number of methoxy groups -OCH3 is 3. The number of carbonyl (C=O) groups is 2. The van der Waals surface area contributed by atoms with Gasteiger partial charge in [-0.2, -0.15) is 0 Å². The second kappa shape index (κ2) is 12.6. The van der Waals surface area contributed by atoms with Crippen molar-refractivity contribution >= 4 is 49.8 Å². The minimum absolute atomic E-state index is 0.0151.